The number of amides is 4. The van der Waals surface area contributed by atoms with E-state index in [1.165, 1.54) is 64.0 Å². The van der Waals surface area contributed by atoms with Crippen LogP contribution in [0.4, 0.5) is 8.78 Å². The molecule has 2 aliphatic rings. The van der Waals surface area contributed by atoms with E-state index in [-0.39, 0.29) is 47.8 Å². The zero-order chi connectivity index (χ0) is 50.8. The van der Waals surface area contributed by atoms with Crippen molar-refractivity contribution >= 4 is 83.5 Å². The fraction of sp³-hybridized carbons (Fsp3) is 0.241. The monoisotopic (exact) mass is 1140 g/mol. The number of nitrogens with zero attached hydrogens (tertiary/aromatic N) is 6. The Morgan fingerprint density at radius 3 is 1.36 bits per heavy atom. The molecule has 0 fully saturated rings. The number of carbonyl (C=O) groups excluding carboxylic acids is 4. The van der Waals surface area contributed by atoms with Crippen molar-refractivity contribution in [2.24, 2.45) is 0 Å². The molecule has 0 saturated carbocycles. The first-order chi connectivity index (χ1) is 35.0. The molecule has 0 unspecified atom stereocenters. The van der Waals surface area contributed by atoms with Crippen LogP contribution in [0.2, 0.25) is 13.3 Å². The maximum Gasteiger partial charge on any atom is 0.261 e. The van der Waals surface area contributed by atoms with Crippen molar-refractivity contribution in [3.63, 3.8) is 0 Å². The van der Waals surface area contributed by atoms with E-state index < -0.39 is 30.0 Å². The molecular formula is C58H55BrF2N6O4Sn. The minimum Gasteiger partial charge on any atom is -0.269 e. The zero-order valence-corrected chi connectivity index (χ0v) is 45.0. The predicted octanol–water partition coefficient (Wildman–Crippen LogP) is 13.3. The molecule has 4 amide bonds. The molecule has 0 saturated heterocycles. The van der Waals surface area contributed by atoms with Gasteiger partial charge in [0.1, 0.15) is 22.7 Å². The number of rotatable bonds is 15. The van der Waals surface area contributed by atoms with Gasteiger partial charge in [-0.05, 0) is 76.6 Å². The molecule has 14 heteroatoms. The molecule has 366 valence electrons. The molecule has 4 aromatic heterocycles. The number of halogens is 3. The summed E-state index contributed by atoms with van der Waals surface area (Å²) in [5, 5.41) is 1.27. The predicted molar refractivity (Wildman–Crippen MR) is 284 cm³/mol. The van der Waals surface area contributed by atoms with Crippen molar-refractivity contribution in [2.75, 3.05) is 0 Å². The number of aromatic nitrogens is 4. The van der Waals surface area contributed by atoms with Gasteiger partial charge in [0.15, 0.2) is 0 Å². The van der Waals surface area contributed by atoms with Gasteiger partial charge < -0.3 is 0 Å². The number of imide groups is 2. The van der Waals surface area contributed by atoms with Gasteiger partial charge in [0.05, 0.1) is 52.4 Å². The van der Waals surface area contributed by atoms with E-state index in [2.05, 4.69) is 69.9 Å². The summed E-state index contributed by atoms with van der Waals surface area (Å²) in [6.45, 7) is 6.90. The fourth-order valence-electron chi connectivity index (χ4n) is 9.40. The molecular weight excluding hydrogens is 1080 g/mol. The second-order valence-corrected chi connectivity index (χ2v) is 31.9. The maximum atomic E-state index is 14.4. The first-order valence-electron chi connectivity index (χ1n) is 24.5. The summed E-state index contributed by atoms with van der Waals surface area (Å²) in [7, 11) is 0. The first-order valence-corrected chi connectivity index (χ1v) is 32.8. The average molecular weight is 1140 g/mol. The van der Waals surface area contributed by atoms with Crippen LogP contribution in [0, 0.1) is 11.6 Å². The molecule has 0 aliphatic carbocycles. The van der Waals surface area contributed by atoms with Gasteiger partial charge in [-0.15, -0.1) is 0 Å². The molecule has 0 radical (unpaired) electrons. The summed E-state index contributed by atoms with van der Waals surface area (Å²) >= 11 is 1.18. The SMILES string of the molecule is CCC[CH2][Sn]([CH2]CCC)([CH2]CCC)[c]1ccccn1.O=C1c2ccccc2C(=O)N1Cc1nc2c(F)cccc2cc1-c1ccccn1.O=C1c2ccccc2C(=O)N1Cc1nc2c(F)cccc2cc1Br. The largest absolute Gasteiger partial charge is 0.269 e. The standard InChI is InChI=1S/C23H14FN3O2.C18H10BrFN2O2.C5H4N.3C4H9.Sn/c24-18-9-5-6-14-12-17(19-10-3-4-11-25-19)20(26-21(14)18)13-27-22(28)15-7-1-2-8-16(15)23(27)29;19-13-8-10-4-3-7-14(20)16(10)21-15(13)9-22-17(23)11-5-1-2-6-12(11)18(22)24;1-2-4-6-5-3-1;3*1-3-4-2;/h1-12H,13H2;1-8H,9H2;1-4H;3*1,3-4H2,2H3;. The Morgan fingerprint density at radius 2 is 0.917 bits per heavy atom. The second-order valence-electron chi connectivity index (χ2n) is 18.0. The number of unbranched alkanes of at least 4 members (excludes halogenated alkanes) is 3. The van der Waals surface area contributed by atoms with E-state index in [0.29, 0.717) is 60.1 Å². The molecule has 8 aromatic rings. The van der Waals surface area contributed by atoms with Crippen LogP contribution in [0.25, 0.3) is 33.1 Å². The number of hydrogen-bond acceptors (Lipinski definition) is 8. The Bertz CT molecular complexity index is 3180. The normalized spacial score (nSPS) is 13.0. The quantitative estimate of drug-likeness (QED) is 0.0734. The molecule has 0 bridgehead atoms. The van der Waals surface area contributed by atoms with E-state index in [9.17, 15) is 28.0 Å². The average Bonchev–Trinajstić information content (AvgIpc) is 3.79. The van der Waals surface area contributed by atoms with Crippen molar-refractivity contribution in [3.05, 3.63) is 196 Å². The van der Waals surface area contributed by atoms with Crippen molar-refractivity contribution in [3.8, 4) is 11.3 Å². The summed E-state index contributed by atoms with van der Waals surface area (Å²) in [5.74, 6) is -2.39. The molecule has 10 nitrogen and oxygen atoms in total. The Labute approximate surface area is 431 Å². The fourth-order valence-corrected chi connectivity index (χ4v) is 25.3. The van der Waals surface area contributed by atoms with Crippen LogP contribution in [0.15, 0.2) is 150 Å². The smallest absolute Gasteiger partial charge is 0.261 e. The zero-order valence-electron chi connectivity index (χ0n) is 40.6. The second kappa shape index (κ2) is 23.8. The number of pyridine rings is 4. The van der Waals surface area contributed by atoms with Gasteiger partial charge in [0.25, 0.3) is 23.6 Å². The summed E-state index contributed by atoms with van der Waals surface area (Å²) in [4.78, 5) is 70.7. The van der Waals surface area contributed by atoms with Crippen LogP contribution in [0.5, 0.6) is 0 Å². The third kappa shape index (κ3) is 11.2. The minimum absolute atomic E-state index is 0.0167. The first kappa shape index (κ1) is 51.8. The Hall–Kier alpha value is -6.58. The van der Waals surface area contributed by atoms with Gasteiger partial charge in [-0.2, -0.15) is 0 Å². The summed E-state index contributed by atoms with van der Waals surface area (Å²) in [6, 6.07) is 38.4. The molecule has 4 aromatic carbocycles. The van der Waals surface area contributed by atoms with Crippen LogP contribution in [0.1, 0.15) is 112 Å². The minimum atomic E-state index is -2.21. The molecule has 72 heavy (non-hydrogen) atoms. The van der Waals surface area contributed by atoms with Crippen molar-refractivity contribution in [1.29, 1.82) is 0 Å². The molecule has 0 N–H and O–H groups in total. The van der Waals surface area contributed by atoms with E-state index in [1.807, 2.05) is 18.3 Å². The van der Waals surface area contributed by atoms with E-state index in [1.54, 1.807) is 101 Å². The number of fused-ring (bicyclic) bond motifs is 4. The number of benzene rings is 4. The Kier molecular flexibility index (Phi) is 17.1. The molecule has 0 spiro atoms. The summed E-state index contributed by atoms with van der Waals surface area (Å²) in [6.07, 6.45) is 11.9. The van der Waals surface area contributed by atoms with Crippen LogP contribution < -0.4 is 3.71 Å². The Balaban J connectivity index is 0.000000148. The van der Waals surface area contributed by atoms with Gasteiger partial charge in [0, 0.05) is 27.0 Å². The maximum absolute atomic E-state index is 14.4. The summed E-state index contributed by atoms with van der Waals surface area (Å²) < 4.78 is 35.0. The van der Waals surface area contributed by atoms with E-state index >= 15 is 0 Å². The number of carbonyl (C=O) groups is 4. The number of hydrogen-bond donors (Lipinski definition) is 0. The third-order valence-corrected chi connectivity index (χ3v) is 29.1. The van der Waals surface area contributed by atoms with Crippen molar-refractivity contribution in [2.45, 2.75) is 85.7 Å². The Morgan fingerprint density at radius 1 is 0.486 bits per heavy atom. The van der Waals surface area contributed by atoms with Crippen LogP contribution in [0.3, 0.4) is 0 Å². The van der Waals surface area contributed by atoms with E-state index in [0.717, 1.165) is 9.80 Å². The molecule has 6 heterocycles. The van der Waals surface area contributed by atoms with Gasteiger partial charge in [-0.3, -0.25) is 34.0 Å². The van der Waals surface area contributed by atoms with Crippen molar-refractivity contribution < 1.29 is 28.0 Å². The van der Waals surface area contributed by atoms with Gasteiger partial charge in [-0.1, -0.05) is 54.6 Å². The summed E-state index contributed by atoms with van der Waals surface area (Å²) in [5.41, 5.74) is 4.03. The van der Waals surface area contributed by atoms with Gasteiger partial charge in [0.2, 0.25) is 0 Å². The number of para-hydroxylation sites is 2. The van der Waals surface area contributed by atoms with Gasteiger partial charge in [-0.25, -0.2) is 18.7 Å². The van der Waals surface area contributed by atoms with Crippen LogP contribution in [-0.2, 0) is 13.1 Å². The third-order valence-electron chi connectivity index (χ3n) is 13.2. The van der Waals surface area contributed by atoms with Gasteiger partial charge >= 0.3 is 124 Å². The van der Waals surface area contributed by atoms with Crippen LogP contribution >= 0.6 is 15.9 Å². The van der Waals surface area contributed by atoms with Crippen LogP contribution in [-0.4, -0.2) is 71.7 Å². The van der Waals surface area contributed by atoms with E-state index in [4.69, 9.17) is 4.98 Å². The van der Waals surface area contributed by atoms with Crippen molar-refractivity contribution in [1.82, 2.24) is 29.7 Å². The molecule has 2 aliphatic heterocycles. The molecule has 0 atom stereocenters. The topological polar surface area (TPSA) is 126 Å². The molecule has 10 rings (SSSR count).